The summed E-state index contributed by atoms with van der Waals surface area (Å²) in [5, 5.41) is 3.54. The van der Waals surface area contributed by atoms with E-state index in [0.29, 0.717) is 11.3 Å². The van der Waals surface area contributed by atoms with E-state index in [9.17, 15) is 4.79 Å². The number of nitrogens with two attached hydrogens (primary N) is 1. The molecule has 0 saturated carbocycles. The molecule has 27 heavy (non-hydrogen) atoms. The molecule has 6 heteroatoms. The van der Waals surface area contributed by atoms with Gasteiger partial charge in [-0.2, -0.15) is 0 Å². The number of benzene rings is 1. The van der Waals surface area contributed by atoms with Crippen LogP contribution in [0.3, 0.4) is 0 Å². The Balaban J connectivity index is 1.57. The van der Waals surface area contributed by atoms with E-state index in [1.54, 1.807) is 24.4 Å². The number of nitrogens with one attached hydrogen (secondary N) is 1. The molecule has 1 saturated heterocycles. The number of nitrogens with zero attached hydrogens (tertiary/aromatic N) is 3. The third-order valence-corrected chi connectivity index (χ3v) is 4.75. The monoisotopic (exact) mass is 359 g/mol. The number of aromatic nitrogens is 2. The van der Waals surface area contributed by atoms with Gasteiger partial charge in [0.2, 0.25) is 5.78 Å². The highest BCUT2D eigenvalue weighted by atomic mass is 16.1. The van der Waals surface area contributed by atoms with E-state index in [0.717, 1.165) is 25.5 Å². The van der Waals surface area contributed by atoms with E-state index in [1.807, 2.05) is 30.3 Å². The van der Waals surface area contributed by atoms with Crippen molar-refractivity contribution in [3.63, 3.8) is 0 Å². The summed E-state index contributed by atoms with van der Waals surface area (Å²) in [5.74, 6) is 0.809. The van der Waals surface area contributed by atoms with Gasteiger partial charge in [0.25, 0.3) is 0 Å². The molecule has 1 aliphatic rings. The lowest BCUT2D eigenvalue weighted by Crippen LogP contribution is -2.46. The van der Waals surface area contributed by atoms with E-state index in [4.69, 9.17) is 5.73 Å². The van der Waals surface area contributed by atoms with E-state index < -0.39 is 0 Å². The van der Waals surface area contributed by atoms with Gasteiger partial charge in [0, 0.05) is 31.9 Å². The van der Waals surface area contributed by atoms with Gasteiger partial charge >= 0.3 is 0 Å². The van der Waals surface area contributed by atoms with Gasteiger partial charge in [0.1, 0.15) is 17.3 Å². The Bertz CT molecular complexity index is 944. The van der Waals surface area contributed by atoms with Crippen LogP contribution in [-0.4, -0.2) is 35.4 Å². The topological polar surface area (TPSA) is 84.1 Å². The van der Waals surface area contributed by atoms with Crippen LogP contribution in [0.2, 0.25) is 0 Å². The Morgan fingerprint density at radius 1 is 1.07 bits per heavy atom. The second-order valence-electron chi connectivity index (χ2n) is 6.51. The Labute approximate surface area is 158 Å². The molecule has 0 radical (unpaired) electrons. The van der Waals surface area contributed by atoms with Crippen molar-refractivity contribution in [1.82, 2.24) is 15.3 Å². The first-order valence-corrected chi connectivity index (χ1v) is 8.98. The predicted molar refractivity (Wildman–Crippen MR) is 106 cm³/mol. The third-order valence-electron chi connectivity index (χ3n) is 4.75. The van der Waals surface area contributed by atoms with E-state index in [-0.39, 0.29) is 17.6 Å². The second kappa shape index (κ2) is 7.55. The average Bonchev–Trinajstić information content (AvgIpc) is 2.74. The summed E-state index contributed by atoms with van der Waals surface area (Å²) < 4.78 is 0. The number of nitrogen functional groups attached to an aromatic ring is 1. The molecule has 0 amide bonds. The average molecular weight is 359 g/mol. The molecule has 136 valence electrons. The number of carbonyl (C=O) groups excluding carboxylic acids is 1. The molecule has 0 bridgehead atoms. The van der Waals surface area contributed by atoms with Crippen LogP contribution in [0.15, 0.2) is 66.9 Å². The number of hydrogen-bond donors (Lipinski definition) is 2. The van der Waals surface area contributed by atoms with Gasteiger partial charge < -0.3 is 16.0 Å². The molecule has 4 rings (SSSR count). The van der Waals surface area contributed by atoms with Crippen LogP contribution in [0.4, 0.5) is 11.6 Å². The van der Waals surface area contributed by atoms with Gasteiger partial charge in [-0.15, -0.1) is 0 Å². The minimum atomic E-state index is -0.211. The van der Waals surface area contributed by atoms with Crippen LogP contribution in [0, 0.1) is 0 Å². The minimum Gasteiger partial charge on any atom is -0.383 e. The molecular weight excluding hydrogens is 338 g/mol. The molecule has 6 nitrogen and oxygen atoms in total. The molecule has 3 aromatic rings. The van der Waals surface area contributed by atoms with Crippen LogP contribution in [-0.2, 0) is 0 Å². The van der Waals surface area contributed by atoms with Crippen LogP contribution < -0.4 is 16.0 Å². The van der Waals surface area contributed by atoms with Crippen molar-refractivity contribution < 1.29 is 4.79 Å². The van der Waals surface area contributed by atoms with Gasteiger partial charge in [-0.1, -0.05) is 36.4 Å². The molecule has 1 atom stereocenters. The predicted octanol–water partition coefficient (Wildman–Crippen LogP) is 2.44. The number of rotatable bonds is 4. The smallest absolute Gasteiger partial charge is 0.215 e. The van der Waals surface area contributed by atoms with Crippen LogP contribution in [0.5, 0.6) is 0 Å². The zero-order valence-electron chi connectivity index (χ0n) is 14.9. The number of carbonyl (C=O) groups is 1. The number of anilines is 2. The molecular formula is C21H21N5O. The van der Waals surface area contributed by atoms with Crippen molar-refractivity contribution in [3.05, 3.63) is 83.7 Å². The molecule has 1 aromatic carbocycles. The standard InChI is InChI=1S/C21H21N5O/c22-21-16(8-5-11-24-21)20(27)17-9-4-10-19(25-17)26-13-12-23-18(14-26)15-6-2-1-3-7-15/h1-11,18,23H,12-14H2,(H2,22,24)/t18-/m0/s1. The molecule has 3 N–H and O–H groups in total. The first-order valence-electron chi connectivity index (χ1n) is 8.98. The normalized spacial score (nSPS) is 16.9. The van der Waals surface area contributed by atoms with Gasteiger partial charge in [-0.25, -0.2) is 9.97 Å². The molecule has 0 spiro atoms. The van der Waals surface area contributed by atoms with Crippen molar-refractivity contribution in [3.8, 4) is 0 Å². The highest BCUT2D eigenvalue weighted by molar-refractivity contribution is 6.10. The van der Waals surface area contributed by atoms with Crippen LogP contribution in [0.1, 0.15) is 27.7 Å². The number of pyridine rings is 2. The molecule has 3 heterocycles. The molecule has 0 aliphatic carbocycles. The molecule has 1 aliphatic heterocycles. The first kappa shape index (κ1) is 17.2. The summed E-state index contributed by atoms with van der Waals surface area (Å²) in [7, 11) is 0. The lowest BCUT2D eigenvalue weighted by Gasteiger charge is -2.35. The van der Waals surface area contributed by atoms with Crippen molar-refractivity contribution >= 4 is 17.4 Å². The van der Waals surface area contributed by atoms with Gasteiger partial charge in [0.15, 0.2) is 0 Å². The van der Waals surface area contributed by atoms with Gasteiger partial charge in [0.05, 0.1) is 5.56 Å². The fourth-order valence-corrected chi connectivity index (χ4v) is 3.34. The number of hydrogen-bond acceptors (Lipinski definition) is 6. The maximum Gasteiger partial charge on any atom is 0.215 e. The van der Waals surface area contributed by atoms with Crippen LogP contribution >= 0.6 is 0 Å². The maximum absolute atomic E-state index is 12.8. The number of ketones is 1. The highest BCUT2D eigenvalue weighted by Gasteiger charge is 2.22. The summed E-state index contributed by atoms with van der Waals surface area (Å²) in [6, 6.07) is 19.5. The lowest BCUT2D eigenvalue weighted by molar-refractivity contribution is 0.103. The highest BCUT2D eigenvalue weighted by Crippen LogP contribution is 2.22. The van der Waals surface area contributed by atoms with Crippen LogP contribution in [0.25, 0.3) is 0 Å². The van der Waals surface area contributed by atoms with E-state index >= 15 is 0 Å². The van der Waals surface area contributed by atoms with Crippen molar-refractivity contribution in [2.45, 2.75) is 6.04 Å². The largest absolute Gasteiger partial charge is 0.383 e. The Morgan fingerprint density at radius 2 is 1.93 bits per heavy atom. The molecule has 1 fully saturated rings. The second-order valence-corrected chi connectivity index (χ2v) is 6.51. The van der Waals surface area contributed by atoms with E-state index in [1.165, 1.54) is 5.56 Å². The molecule has 2 aromatic heterocycles. The van der Waals surface area contributed by atoms with E-state index in [2.05, 4.69) is 32.3 Å². The lowest BCUT2D eigenvalue weighted by atomic mass is 10.0. The van der Waals surface area contributed by atoms with Gasteiger partial charge in [-0.05, 0) is 29.8 Å². The molecule has 0 unspecified atom stereocenters. The minimum absolute atomic E-state index is 0.211. The quantitative estimate of drug-likeness (QED) is 0.696. The summed E-state index contributed by atoms with van der Waals surface area (Å²) in [5.41, 5.74) is 7.85. The van der Waals surface area contributed by atoms with Gasteiger partial charge in [-0.3, -0.25) is 4.79 Å². The Morgan fingerprint density at radius 3 is 2.74 bits per heavy atom. The summed E-state index contributed by atoms with van der Waals surface area (Å²) in [6.45, 7) is 2.49. The Kier molecular flexibility index (Phi) is 4.80. The van der Waals surface area contributed by atoms with Crippen molar-refractivity contribution in [2.24, 2.45) is 0 Å². The summed E-state index contributed by atoms with van der Waals surface area (Å²) >= 11 is 0. The van der Waals surface area contributed by atoms with Crippen molar-refractivity contribution in [1.29, 1.82) is 0 Å². The summed E-state index contributed by atoms with van der Waals surface area (Å²) in [6.07, 6.45) is 1.57. The summed E-state index contributed by atoms with van der Waals surface area (Å²) in [4.78, 5) is 23.6. The zero-order chi connectivity index (χ0) is 18.6. The Hall–Kier alpha value is -3.25. The maximum atomic E-state index is 12.8. The third kappa shape index (κ3) is 3.66. The fourth-order valence-electron chi connectivity index (χ4n) is 3.34. The number of piperazine rings is 1. The first-order chi connectivity index (χ1) is 13.2. The van der Waals surface area contributed by atoms with Crippen molar-refractivity contribution in [2.75, 3.05) is 30.3 Å². The fraction of sp³-hybridized carbons (Fsp3) is 0.190. The SMILES string of the molecule is Nc1ncccc1C(=O)c1cccc(N2CCN[C@H](c3ccccc3)C2)n1. The zero-order valence-corrected chi connectivity index (χ0v) is 14.9.